The molecule has 0 aliphatic carbocycles. The summed E-state index contributed by atoms with van der Waals surface area (Å²) < 4.78 is 9.44. The largest absolute Gasteiger partial charge is 0.504 e. The second-order valence-electron chi connectivity index (χ2n) is 6.80. The number of phenolic OH excluding ortho intramolecular Hbond substituents is 2. The molecule has 4 N–H and O–H groups in total. The number of unbranched alkanes of at least 4 members (excludes halogenated alkanes) is 5. The molecule has 0 aromatic heterocycles. The standard InChI is InChI=1S/2C8H8O4.C8H18/c2*1-12-7-4-5(8(10)11)2-3-6(7)9;1-3-5-7-8-6-4-2/h2*2-4,9H,1H3,(H,10,11);3-8H2,1-2H3. The van der Waals surface area contributed by atoms with E-state index in [1.165, 1.54) is 89.1 Å². The van der Waals surface area contributed by atoms with Gasteiger partial charge in [0.25, 0.3) is 0 Å². The molecule has 0 saturated carbocycles. The van der Waals surface area contributed by atoms with E-state index >= 15 is 0 Å². The van der Waals surface area contributed by atoms with E-state index in [1.807, 2.05) is 0 Å². The first kappa shape index (κ1) is 28.6. The Bertz CT molecular complexity index is 763. The number of hydrogen-bond acceptors (Lipinski definition) is 6. The van der Waals surface area contributed by atoms with Gasteiger partial charge in [-0.15, -0.1) is 0 Å². The Kier molecular flexibility index (Phi) is 14.6. The summed E-state index contributed by atoms with van der Waals surface area (Å²) in [6.07, 6.45) is 8.49. The summed E-state index contributed by atoms with van der Waals surface area (Å²) >= 11 is 0. The van der Waals surface area contributed by atoms with Crippen LogP contribution >= 0.6 is 0 Å². The van der Waals surface area contributed by atoms with Gasteiger partial charge >= 0.3 is 11.9 Å². The van der Waals surface area contributed by atoms with Crippen molar-refractivity contribution in [1.82, 2.24) is 0 Å². The number of methoxy groups -OCH3 is 2. The average Bonchev–Trinajstić information content (AvgIpc) is 2.78. The van der Waals surface area contributed by atoms with Gasteiger partial charge in [0.2, 0.25) is 0 Å². The summed E-state index contributed by atoms with van der Waals surface area (Å²) in [6, 6.07) is 7.69. The summed E-state index contributed by atoms with van der Waals surface area (Å²) in [4.78, 5) is 20.9. The molecule has 0 atom stereocenters. The van der Waals surface area contributed by atoms with Gasteiger partial charge in [0.15, 0.2) is 23.0 Å². The van der Waals surface area contributed by atoms with E-state index in [9.17, 15) is 9.59 Å². The smallest absolute Gasteiger partial charge is 0.335 e. The minimum absolute atomic E-state index is 0.0671. The highest BCUT2D eigenvalue weighted by atomic mass is 16.5. The van der Waals surface area contributed by atoms with Crippen molar-refractivity contribution < 1.29 is 39.5 Å². The highest BCUT2D eigenvalue weighted by molar-refractivity contribution is 5.88. The molecular formula is C24H34O8. The van der Waals surface area contributed by atoms with E-state index < -0.39 is 11.9 Å². The fourth-order valence-electron chi connectivity index (χ4n) is 2.47. The predicted molar refractivity (Wildman–Crippen MR) is 122 cm³/mol. The molecule has 0 heterocycles. The lowest BCUT2D eigenvalue weighted by atomic mass is 10.1. The zero-order valence-corrected chi connectivity index (χ0v) is 19.1. The Morgan fingerprint density at radius 2 is 1.03 bits per heavy atom. The first-order chi connectivity index (χ1) is 15.2. The minimum Gasteiger partial charge on any atom is -0.504 e. The summed E-state index contributed by atoms with van der Waals surface area (Å²) in [6.45, 7) is 4.51. The van der Waals surface area contributed by atoms with Crippen LogP contribution in [0, 0.1) is 0 Å². The number of aromatic carboxylic acids is 2. The minimum atomic E-state index is -1.05. The number of carboxylic acids is 2. The normalized spacial score (nSPS) is 9.50. The molecule has 178 valence electrons. The zero-order valence-electron chi connectivity index (χ0n) is 19.1. The third-order valence-electron chi connectivity index (χ3n) is 4.31. The van der Waals surface area contributed by atoms with Crippen LogP contribution in [0.4, 0.5) is 0 Å². The molecule has 0 radical (unpaired) electrons. The quantitative estimate of drug-likeness (QED) is 0.365. The lowest BCUT2D eigenvalue weighted by Gasteiger charge is -2.02. The summed E-state index contributed by atoms with van der Waals surface area (Å²) in [5, 5.41) is 35.3. The molecule has 32 heavy (non-hydrogen) atoms. The summed E-state index contributed by atoms with van der Waals surface area (Å²) in [5.41, 5.74) is 0.175. The molecule has 0 saturated heterocycles. The van der Waals surface area contributed by atoms with Crippen LogP contribution in [-0.4, -0.2) is 46.6 Å². The molecule has 8 heteroatoms. The fraction of sp³-hybridized carbons (Fsp3) is 0.417. The number of benzene rings is 2. The van der Waals surface area contributed by atoms with Gasteiger partial charge in [-0.1, -0.05) is 52.4 Å². The third-order valence-corrected chi connectivity index (χ3v) is 4.31. The van der Waals surface area contributed by atoms with Crippen LogP contribution in [0.5, 0.6) is 23.0 Å². The van der Waals surface area contributed by atoms with Crippen molar-refractivity contribution in [2.24, 2.45) is 0 Å². The summed E-state index contributed by atoms with van der Waals surface area (Å²) in [7, 11) is 2.72. The number of carboxylic acid groups (broad SMARTS) is 2. The Balaban J connectivity index is 0.000000462. The van der Waals surface area contributed by atoms with Crippen molar-refractivity contribution in [3.63, 3.8) is 0 Å². The van der Waals surface area contributed by atoms with Gasteiger partial charge in [-0.2, -0.15) is 0 Å². The van der Waals surface area contributed by atoms with Crippen LogP contribution < -0.4 is 9.47 Å². The van der Waals surface area contributed by atoms with Gasteiger partial charge in [0.05, 0.1) is 25.3 Å². The van der Waals surface area contributed by atoms with Crippen LogP contribution in [0.2, 0.25) is 0 Å². The van der Waals surface area contributed by atoms with E-state index in [2.05, 4.69) is 13.8 Å². The van der Waals surface area contributed by atoms with Gasteiger partial charge in [0.1, 0.15) is 0 Å². The molecule has 0 spiro atoms. The van der Waals surface area contributed by atoms with E-state index in [-0.39, 0.29) is 34.1 Å². The van der Waals surface area contributed by atoms with Crippen molar-refractivity contribution >= 4 is 11.9 Å². The summed E-state index contributed by atoms with van der Waals surface area (Å²) in [5.74, 6) is -1.91. The van der Waals surface area contributed by atoms with Gasteiger partial charge in [-0.05, 0) is 36.4 Å². The third kappa shape index (κ3) is 11.1. The highest BCUT2D eigenvalue weighted by Crippen LogP contribution is 2.26. The Labute approximate surface area is 189 Å². The van der Waals surface area contributed by atoms with Crippen LogP contribution in [-0.2, 0) is 0 Å². The molecule has 0 unspecified atom stereocenters. The Morgan fingerprint density at radius 3 is 1.28 bits per heavy atom. The van der Waals surface area contributed by atoms with E-state index in [1.54, 1.807) is 0 Å². The van der Waals surface area contributed by atoms with Crippen molar-refractivity contribution in [2.75, 3.05) is 14.2 Å². The van der Waals surface area contributed by atoms with E-state index in [0.29, 0.717) is 0 Å². The van der Waals surface area contributed by atoms with Crippen LogP contribution in [0.25, 0.3) is 0 Å². The van der Waals surface area contributed by atoms with Gasteiger partial charge in [-0.3, -0.25) is 0 Å². The van der Waals surface area contributed by atoms with Crippen LogP contribution in [0.3, 0.4) is 0 Å². The maximum atomic E-state index is 10.4. The molecule has 2 rings (SSSR count). The first-order valence-corrected chi connectivity index (χ1v) is 10.4. The van der Waals surface area contributed by atoms with Gasteiger partial charge in [0, 0.05) is 0 Å². The maximum Gasteiger partial charge on any atom is 0.335 e. The maximum absolute atomic E-state index is 10.4. The molecule has 0 bridgehead atoms. The molecule has 8 nitrogen and oxygen atoms in total. The monoisotopic (exact) mass is 450 g/mol. The highest BCUT2D eigenvalue weighted by Gasteiger charge is 2.07. The second kappa shape index (κ2) is 16.3. The molecule has 0 aliphatic rings. The molecular weight excluding hydrogens is 416 g/mol. The number of hydrogen-bond donors (Lipinski definition) is 4. The molecule has 2 aromatic rings. The topological polar surface area (TPSA) is 134 Å². The number of phenols is 2. The van der Waals surface area contributed by atoms with E-state index in [0.717, 1.165) is 0 Å². The second-order valence-corrected chi connectivity index (χ2v) is 6.80. The number of rotatable bonds is 9. The predicted octanol–water partition coefficient (Wildman–Crippen LogP) is 5.56. The van der Waals surface area contributed by atoms with Gasteiger partial charge in [-0.25, -0.2) is 9.59 Å². The molecule has 0 fully saturated rings. The number of carbonyl (C=O) groups is 2. The number of aromatic hydroxyl groups is 2. The van der Waals surface area contributed by atoms with E-state index in [4.69, 9.17) is 29.9 Å². The lowest BCUT2D eigenvalue weighted by Crippen LogP contribution is -1.96. The number of ether oxygens (including phenoxy) is 2. The fourth-order valence-corrected chi connectivity index (χ4v) is 2.47. The first-order valence-electron chi connectivity index (χ1n) is 10.4. The van der Waals surface area contributed by atoms with Crippen molar-refractivity contribution in [3.05, 3.63) is 47.5 Å². The average molecular weight is 451 g/mol. The van der Waals surface area contributed by atoms with Crippen molar-refractivity contribution in [1.29, 1.82) is 0 Å². The molecule has 2 aromatic carbocycles. The van der Waals surface area contributed by atoms with Gasteiger partial charge < -0.3 is 29.9 Å². The van der Waals surface area contributed by atoms with Crippen molar-refractivity contribution in [3.8, 4) is 23.0 Å². The molecule has 0 amide bonds. The van der Waals surface area contributed by atoms with Crippen LogP contribution in [0.15, 0.2) is 36.4 Å². The van der Waals surface area contributed by atoms with Crippen LogP contribution in [0.1, 0.15) is 73.1 Å². The zero-order chi connectivity index (χ0) is 24.5. The Hall–Kier alpha value is -3.42. The molecule has 0 aliphatic heterocycles. The SMILES string of the molecule is CCCCCCCC.COc1cc(C(=O)O)ccc1O.COc1cc(C(=O)O)ccc1O. The lowest BCUT2D eigenvalue weighted by molar-refractivity contribution is 0.0685. The van der Waals surface area contributed by atoms with Crippen molar-refractivity contribution in [2.45, 2.75) is 52.4 Å². The Morgan fingerprint density at radius 1 is 0.688 bits per heavy atom.